The third kappa shape index (κ3) is 3.89. The minimum absolute atomic E-state index is 0.0120. The molecule has 1 fully saturated rings. The van der Waals surface area contributed by atoms with E-state index in [-0.39, 0.29) is 5.91 Å². The Kier molecular flexibility index (Phi) is 5.72. The minimum Gasteiger partial charge on any atom is -0.378 e. The molecule has 1 saturated heterocycles. The summed E-state index contributed by atoms with van der Waals surface area (Å²) in [5.41, 5.74) is 0. The number of nitrogens with zero attached hydrogens (tertiary/aromatic N) is 3. The largest absolute Gasteiger partial charge is 0.378 e. The van der Waals surface area contributed by atoms with Gasteiger partial charge in [-0.25, -0.2) is 0 Å². The molecule has 1 N–H and O–H groups in total. The van der Waals surface area contributed by atoms with Gasteiger partial charge in [-0.3, -0.25) is 4.79 Å². The maximum Gasteiger partial charge on any atom is 0.284 e. The third-order valence-corrected chi connectivity index (χ3v) is 4.13. The molecule has 0 radical (unpaired) electrons. The maximum absolute atomic E-state index is 12.3. The zero-order chi connectivity index (χ0) is 14.4. The van der Waals surface area contributed by atoms with Gasteiger partial charge < -0.3 is 15.0 Å². The monoisotopic (exact) mass is 298 g/mol. The van der Waals surface area contributed by atoms with Gasteiger partial charge in [-0.05, 0) is 26.2 Å². The molecule has 0 saturated carbocycles. The number of anilines is 1. The molecule has 1 aliphatic heterocycles. The van der Waals surface area contributed by atoms with E-state index in [1.807, 2.05) is 11.8 Å². The Balaban J connectivity index is 1.87. The van der Waals surface area contributed by atoms with Crippen LogP contribution in [-0.2, 0) is 4.74 Å². The Labute approximate surface area is 123 Å². The summed E-state index contributed by atoms with van der Waals surface area (Å²) in [6.07, 6.45) is 3.12. The van der Waals surface area contributed by atoms with Crippen LogP contribution in [0.5, 0.6) is 0 Å². The average Bonchev–Trinajstić information content (AvgIpc) is 2.94. The van der Waals surface area contributed by atoms with Crippen molar-refractivity contribution in [1.82, 2.24) is 15.1 Å². The molecule has 1 aromatic heterocycles. The molecule has 0 spiro atoms. The summed E-state index contributed by atoms with van der Waals surface area (Å²) in [5, 5.41) is 12.3. The van der Waals surface area contributed by atoms with Gasteiger partial charge in [0, 0.05) is 26.2 Å². The molecule has 2 heterocycles. The van der Waals surface area contributed by atoms with Crippen molar-refractivity contribution in [2.24, 2.45) is 0 Å². The highest BCUT2D eigenvalue weighted by Gasteiger charge is 2.26. The van der Waals surface area contributed by atoms with Crippen LogP contribution in [0, 0.1) is 0 Å². The van der Waals surface area contributed by atoms with Crippen molar-refractivity contribution >= 4 is 22.4 Å². The maximum atomic E-state index is 12.3. The Morgan fingerprint density at radius 2 is 2.15 bits per heavy atom. The molecule has 0 aliphatic carbocycles. The van der Waals surface area contributed by atoms with Crippen LogP contribution < -0.4 is 5.32 Å². The second-order valence-corrected chi connectivity index (χ2v) is 5.76. The lowest BCUT2D eigenvalue weighted by molar-refractivity contribution is 0.0145. The van der Waals surface area contributed by atoms with E-state index in [1.54, 1.807) is 0 Å². The van der Waals surface area contributed by atoms with Crippen molar-refractivity contribution in [3.63, 3.8) is 0 Å². The normalized spacial score (nSPS) is 16.4. The fourth-order valence-corrected chi connectivity index (χ4v) is 2.95. The van der Waals surface area contributed by atoms with Crippen LogP contribution >= 0.6 is 11.3 Å². The first-order valence-electron chi connectivity index (χ1n) is 7.22. The summed E-state index contributed by atoms with van der Waals surface area (Å²) in [5.74, 6) is -0.0120. The molecule has 0 atom stereocenters. The van der Waals surface area contributed by atoms with Crippen molar-refractivity contribution in [3.8, 4) is 0 Å². The molecule has 1 amide bonds. The molecule has 112 valence electrons. The number of aromatic nitrogens is 2. The fourth-order valence-electron chi connectivity index (χ4n) is 2.21. The molecule has 7 heteroatoms. The van der Waals surface area contributed by atoms with Gasteiger partial charge in [0.1, 0.15) is 0 Å². The highest BCUT2D eigenvalue weighted by molar-refractivity contribution is 7.17. The molecular formula is C13H22N4O2S. The van der Waals surface area contributed by atoms with Crippen LogP contribution in [0.1, 0.15) is 42.9 Å². The molecule has 6 nitrogen and oxygen atoms in total. The molecule has 0 bridgehead atoms. The molecule has 1 aromatic rings. The van der Waals surface area contributed by atoms with Crippen molar-refractivity contribution < 1.29 is 9.53 Å². The van der Waals surface area contributed by atoms with Gasteiger partial charge >= 0.3 is 0 Å². The zero-order valence-corrected chi connectivity index (χ0v) is 12.9. The van der Waals surface area contributed by atoms with E-state index in [4.69, 9.17) is 4.74 Å². The Bertz CT molecular complexity index is 430. The van der Waals surface area contributed by atoms with Gasteiger partial charge in [0.05, 0.1) is 6.10 Å². The Hall–Kier alpha value is -1.21. The van der Waals surface area contributed by atoms with Crippen LogP contribution in [0.2, 0.25) is 0 Å². The molecule has 20 heavy (non-hydrogen) atoms. The van der Waals surface area contributed by atoms with Crippen molar-refractivity contribution in [3.05, 3.63) is 5.01 Å². The fraction of sp³-hybridized carbons (Fsp3) is 0.769. The lowest BCUT2D eigenvalue weighted by Crippen LogP contribution is -2.40. The molecule has 2 rings (SSSR count). The smallest absolute Gasteiger partial charge is 0.284 e. The number of ether oxygens (including phenoxy) is 1. The van der Waals surface area contributed by atoms with Crippen molar-refractivity contribution in [2.45, 2.75) is 39.2 Å². The number of hydrogen-bond donors (Lipinski definition) is 1. The lowest BCUT2D eigenvalue weighted by atomic mass is 10.1. The predicted molar refractivity (Wildman–Crippen MR) is 79.2 cm³/mol. The first kappa shape index (κ1) is 15.2. The van der Waals surface area contributed by atoms with E-state index in [0.29, 0.717) is 11.1 Å². The average molecular weight is 298 g/mol. The zero-order valence-electron chi connectivity index (χ0n) is 12.1. The molecular weight excluding hydrogens is 276 g/mol. The van der Waals surface area contributed by atoms with Gasteiger partial charge in [-0.15, -0.1) is 10.2 Å². The molecule has 0 aromatic carbocycles. The number of hydrogen-bond acceptors (Lipinski definition) is 6. The van der Waals surface area contributed by atoms with E-state index in [0.717, 1.165) is 50.6 Å². The number of carbonyl (C=O) groups is 1. The topological polar surface area (TPSA) is 67.4 Å². The number of nitrogens with one attached hydrogen (secondary N) is 1. The Morgan fingerprint density at radius 3 is 2.80 bits per heavy atom. The van der Waals surface area contributed by atoms with Gasteiger partial charge in [0.2, 0.25) is 10.1 Å². The van der Waals surface area contributed by atoms with Gasteiger partial charge in [-0.2, -0.15) is 0 Å². The molecule has 1 aliphatic rings. The highest BCUT2D eigenvalue weighted by atomic mass is 32.1. The van der Waals surface area contributed by atoms with Gasteiger partial charge in [-0.1, -0.05) is 18.3 Å². The summed E-state index contributed by atoms with van der Waals surface area (Å²) in [7, 11) is 0. The number of carbonyl (C=O) groups excluding carboxylic acids is 1. The summed E-state index contributed by atoms with van der Waals surface area (Å²) in [6, 6.07) is 0. The summed E-state index contributed by atoms with van der Waals surface area (Å²) in [6.45, 7) is 7.15. The Morgan fingerprint density at radius 1 is 1.40 bits per heavy atom. The lowest BCUT2D eigenvalue weighted by Gasteiger charge is -2.31. The van der Waals surface area contributed by atoms with Crippen LogP contribution in [0.25, 0.3) is 0 Å². The van der Waals surface area contributed by atoms with E-state index in [1.165, 1.54) is 11.3 Å². The van der Waals surface area contributed by atoms with Crippen LogP contribution in [0.4, 0.5) is 5.13 Å². The van der Waals surface area contributed by atoms with E-state index < -0.39 is 0 Å². The van der Waals surface area contributed by atoms with Crippen LogP contribution in [-0.4, -0.2) is 53.3 Å². The number of amides is 1. The van der Waals surface area contributed by atoms with Crippen molar-refractivity contribution in [1.29, 1.82) is 0 Å². The summed E-state index contributed by atoms with van der Waals surface area (Å²) >= 11 is 1.33. The standard InChI is InChI=1S/C13H22N4O2S/c1-3-7-14-13-16-15-11(20-13)12(18)17-8-5-10(6-9-17)19-4-2/h10H,3-9H2,1-2H3,(H,14,16). The van der Waals surface area contributed by atoms with Crippen LogP contribution in [0.15, 0.2) is 0 Å². The first-order chi connectivity index (χ1) is 9.74. The van der Waals surface area contributed by atoms with E-state index in [9.17, 15) is 4.79 Å². The SMILES string of the molecule is CCCNc1nnc(C(=O)N2CCC(OCC)CC2)s1. The predicted octanol–water partition coefficient (Wildman–Crippen LogP) is 2.00. The third-order valence-electron chi connectivity index (χ3n) is 3.27. The second kappa shape index (κ2) is 7.54. The summed E-state index contributed by atoms with van der Waals surface area (Å²) in [4.78, 5) is 14.2. The van der Waals surface area contributed by atoms with E-state index in [2.05, 4.69) is 22.4 Å². The minimum atomic E-state index is -0.0120. The van der Waals surface area contributed by atoms with E-state index >= 15 is 0 Å². The highest BCUT2D eigenvalue weighted by Crippen LogP contribution is 2.20. The number of piperidine rings is 1. The second-order valence-electron chi connectivity index (χ2n) is 4.79. The van der Waals surface area contributed by atoms with Crippen molar-refractivity contribution in [2.75, 3.05) is 31.6 Å². The van der Waals surface area contributed by atoms with Crippen LogP contribution in [0.3, 0.4) is 0 Å². The van der Waals surface area contributed by atoms with Gasteiger partial charge in [0.15, 0.2) is 0 Å². The molecule has 0 unspecified atom stereocenters. The quantitative estimate of drug-likeness (QED) is 0.870. The summed E-state index contributed by atoms with van der Waals surface area (Å²) < 4.78 is 5.59. The van der Waals surface area contributed by atoms with Gasteiger partial charge in [0.25, 0.3) is 5.91 Å². The number of likely N-dealkylation sites (tertiary alicyclic amines) is 1. The number of rotatable bonds is 6. The first-order valence-corrected chi connectivity index (χ1v) is 8.04.